The summed E-state index contributed by atoms with van der Waals surface area (Å²) in [7, 11) is 0. The molecular formula is C16H26N2O2. The van der Waals surface area contributed by atoms with Gasteiger partial charge in [0.15, 0.2) is 0 Å². The largest absolute Gasteiger partial charge is 0.443 e. The summed E-state index contributed by atoms with van der Waals surface area (Å²) in [6, 6.07) is 8.43. The highest BCUT2D eigenvalue weighted by atomic mass is 16.6. The molecule has 0 saturated carbocycles. The van der Waals surface area contributed by atoms with Crippen molar-refractivity contribution in [1.29, 1.82) is 0 Å². The van der Waals surface area contributed by atoms with Crippen molar-refractivity contribution in [2.75, 3.05) is 0 Å². The molecule has 1 aromatic rings. The molecule has 0 bridgehead atoms. The summed E-state index contributed by atoms with van der Waals surface area (Å²) in [6.45, 7) is 8.28. The molecule has 4 heteroatoms. The van der Waals surface area contributed by atoms with Gasteiger partial charge in [0.05, 0.1) is 0 Å². The van der Waals surface area contributed by atoms with Gasteiger partial charge >= 0.3 is 6.09 Å². The van der Waals surface area contributed by atoms with Crippen LogP contribution in [0.25, 0.3) is 0 Å². The van der Waals surface area contributed by atoms with Gasteiger partial charge in [0, 0.05) is 6.54 Å². The molecule has 0 spiro atoms. The molecule has 0 atom stereocenters. The van der Waals surface area contributed by atoms with Gasteiger partial charge in [-0.15, -0.1) is 0 Å². The number of amides is 1. The van der Waals surface area contributed by atoms with E-state index in [-0.39, 0.29) is 0 Å². The average Bonchev–Trinajstić information content (AvgIpc) is 2.35. The van der Waals surface area contributed by atoms with E-state index in [1.54, 1.807) is 0 Å². The lowest BCUT2D eigenvalue weighted by atomic mass is 10.1. The summed E-state index contributed by atoms with van der Waals surface area (Å²) in [5.74, 6) is 0. The van der Waals surface area contributed by atoms with E-state index in [0.29, 0.717) is 6.54 Å². The predicted octanol–water partition coefficient (Wildman–Crippen LogP) is 3.56. The molecule has 0 aromatic heterocycles. The lowest BCUT2D eigenvalue weighted by Crippen LogP contribution is -2.40. The third kappa shape index (κ3) is 7.14. The molecule has 1 aromatic carbocycles. The minimum Gasteiger partial charge on any atom is -0.443 e. The number of hydrazine groups is 1. The summed E-state index contributed by atoms with van der Waals surface area (Å²) in [4.78, 5) is 11.4. The van der Waals surface area contributed by atoms with Crippen molar-refractivity contribution >= 4 is 6.09 Å². The summed E-state index contributed by atoms with van der Waals surface area (Å²) < 4.78 is 5.13. The summed E-state index contributed by atoms with van der Waals surface area (Å²) in [5.41, 5.74) is 7.39. The maximum absolute atomic E-state index is 11.4. The average molecular weight is 278 g/mol. The van der Waals surface area contributed by atoms with Crippen LogP contribution in [0.15, 0.2) is 24.3 Å². The molecule has 4 nitrogen and oxygen atoms in total. The maximum Gasteiger partial charge on any atom is 0.422 e. The van der Waals surface area contributed by atoms with Gasteiger partial charge in [-0.05, 0) is 44.7 Å². The fourth-order valence-electron chi connectivity index (χ4n) is 1.73. The Morgan fingerprint density at radius 3 is 2.30 bits per heavy atom. The van der Waals surface area contributed by atoms with E-state index >= 15 is 0 Å². The Balaban J connectivity index is 2.30. The van der Waals surface area contributed by atoms with Crippen molar-refractivity contribution in [1.82, 2.24) is 10.9 Å². The zero-order valence-electron chi connectivity index (χ0n) is 13.0. The van der Waals surface area contributed by atoms with Gasteiger partial charge < -0.3 is 4.74 Å². The van der Waals surface area contributed by atoms with Crippen LogP contribution < -0.4 is 10.9 Å². The van der Waals surface area contributed by atoms with Gasteiger partial charge in [0.1, 0.15) is 5.60 Å². The van der Waals surface area contributed by atoms with Crippen molar-refractivity contribution < 1.29 is 9.53 Å². The number of carbonyl (C=O) groups excluding carboxylic acids is 1. The number of rotatable bonds is 6. The Hall–Kier alpha value is -1.55. The van der Waals surface area contributed by atoms with Crippen LogP contribution in [0, 0.1) is 0 Å². The highest BCUT2D eigenvalue weighted by molar-refractivity contribution is 5.66. The van der Waals surface area contributed by atoms with E-state index in [4.69, 9.17) is 4.74 Å². The molecule has 0 aliphatic heterocycles. The lowest BCUT2D eigenvalue weighted by molar-refractivity contribution is 0.0497. The number of unbranched alkanes of at least 4 members (excludes halogenated alkanes) is 1. The smallest absolute Gasteiger partial charge is 0.422 e. The lowest BCUT2D eigenvalue weighted by Gasteiger charge is -2.19. The van der Waals surface area contributed by atoms with E-state index in [2.05, 4.69) is 42.0 Å². The monoisotopic (exact) mass is 278 g/mol. The van der Waals surface area contributed by atoms with Crippen molar-refractivity contribution in [3.63, 3.8) is 0 Å². The molecule has 0 heterocycles. The fraction of sp³-hybridized carbons (Fsp3) is 0.562. The highest BCUT2D eigenvalue weighted by Crippen LogP contribution is 2.08. The van der Waals surface area contributed by atoms with Crippen LogP contribution in [-0.2, 0) is 17.7 Å². The zero-order valence-corrected chi connectivity index (χ0v) is 13.0. The Bertz CT molecular complexity index is 407. The first-order valence-electron chi connectivity index (χ1n) is 7.20. The summed E-state index contributed by atoms with van der Waals surface area (Å²) in [5, 5.41) is 0. The number of hydrogen-bond acceptors (Lipinski definition) is 3. The van der Waals surface area contributed by atoms with Crippen LogP contribution in [0.4, 0.5) is 4.79 Å². The molecule has 0 radical (unpaired) electrons. The van der Waals surface area contributed by atoms with Crippen molar-refractivity contribution in [2.45, 2.75) is 59.1 Å². The van der Waals surface area contributed by atoms with Gasteiger partial charge in [-0.3, -0.25) is 5.43 Å². The van der Waals surface area contributed by atoms with Crippen LogP contribution in [0.5, 0.6) is 0 Å². The van der Waals surface area contributed by atoms with Gasteiger partial charge in [0.2, 0.25) is 0 Å². The topological polar surface area (TPSA) is 50.4 Å². The van der Waals surface area contributed by atoms with Crippen molar-refractivity contribution in [2.24, 2.45) is 0 Å². The molecule has 0 aliphatic carbocycles. The van der Waals surface area contributed by atoms with E-state index in [1.807, 2.05) is 20.8 Å². The van der Waals surface area contributed by atoms with Crippen LogP contribution in [0.1, 0.15) is 51.7 Å². The highest BCUT2D eigenvalue weighted by Gasteiger charge is 2.15. The molecule has 2 N–H and O–H groups in total. The molecule has 112 valence electrons. The van der Waals surface area contributed by atoms with Crippen molar-refractivity contribution in [3.05, 3.63) is 35.4 Å². The number of aryl methyl sites for hydroxylation is 1. The number of nitrogens with one attached hydrogen (secondary N) is 2. The van der Waals surface area contributed by atoms with E-state index < -0.39 is 11.7 Å². The molecule has 0 saturated heterocycles. The van der Waals surface area contributed by atoms with Crippen LogP contribution >= 0.6 is 0 Å². The second kappa shape index (κ2) is 7.90. The molecule has 1 rings (SSSR count). The molecule has 0 unspecified atom stereocenters. The van der Waals surface area contributed by atoms with Crippen LogP contribution in [-0.4, -0.2) is 11.7 Å². The fourth-order valence-corrected chi connectivity index (χ4v) is 1.73. The van der Waals surface area contributed by atoms with E-state index in [1.165, 1.54) is 18.4 Å². The molecule has 1 amide bonds. The Kier molecular flexibility index (Phi) is 6.52. The van der Waals surface area contributed by atoms with E-state index in [0.717, 1.165) is 12.0 Å². The van der Waals surface area contributed by atoms with Gasteiger partial charge in [0.25, 0.3) is 0 Å². The quantitative estimate of drug-likeness (QED) is 0.782. The Morgan fingerprint density at radius 2 is 1.75 bits per heavy atom. The summed E-state index contributed by atoms with van der Waals surface area (Å²) in [6.07, 6.45) is 3.10. The number of ether oxygens (including phenoxy) is 1. The first kappa shape index (κ1) is 16.5. The normalized spacial score (nSPS) is 11.2. The first-order valence-corrected chi connectivity index (χ1v) is 7.20. The number of carbonyl (C=O) groups is 1. The third-order valence-electron chi connectivity index (χ3n) is 2.72. The molecule has 20 heavy (non-hydrogen) atoms. The second-order valence-electron chi connectivity index (χ2n) is 5.90. The minimum atomic E-state index is -0.479. The molecular weight excluding hydrogens is 252 g/mol. The van der Waals surface area contributed by atoms with Crippen LogP contribution in [0.2, 0.25) is 0 Å². The summed E-state index contributed by atoms with van der Waals surface area (Å²) >= 11 is 0. The second-order valence-corrected chi connectivity index (χ2v) is 5.90. The van der Waals surface area contributed by atoms with Crippen molar-refractivity contribution in [3.8, 4) is 0 Å². The Morgan fingerprint density at radius 1 is 1.15 bits per heavy atom. The zero-order chi connectivity index (χ0) is 15.0. The van der Waals surface area contributed by atoms with Crippen LogP contribution in [0.3, 0.4) is 0 Å². The standard InChI is InChI=1S/C16H26N2O2/c1-5-6-7-13-8-10-14(11-9-13)12-17-18-15(19)20-16(2,3)4/h8-11,17H,5-7,12H2,1-4H3,(H,18,19). The van der Waals surface area contributed by atoms with Gasteiger partial charge in [-0.2, -0.15) is 0 Å². The molecule has 0 aliphatic rings. The SMILES string of the molecule is CCCCc1ccc(CNNC(=O)OC(C)(C)C)cc1. The Labute approximate surface area is 121 Å². The number of benzene rings is 1. The van der Waals surface area contributed by atoms with E-state index in [9.17, 15) is 4.79 Å². The molecule has 0 fully saturated rings. The minimum absolute atomic E-state index is 0.461. The third-order valence-corrected chi connectivity index (χ3v) is 2.72. The van der Waals surface area contributed by atoms with Gasteiger partial charge in [-0.1, -0.05) is 37.6 Å². The predicted molar refractivity (Wildman–Crippen MR) is 81.3 cm³/mol. The van der Waals surface area contributed by atoms with Gasteiger partial charge in [-0.25, -0.2) is 10.2 Å². The maximum atomic E-state index is 11.4. The first-order chi connectivity index (χ1) is 9.40. The number of hydrogen-bond donors (Lipinski definition) is 2.